The molecule has 0 radical (unpaired) electrons. The second-order valence-corrected chi connectivity index (χ2v) is 8.49. The molecule has 0 saturated carbocycles. The van der Waals surface area contributed by atoms with Gasteiger partial charge in [-0.2, -0.15) is 0 Å². The molecule has 0 bridgehead atoms. The summed E-state index contributed by atoms with van der Waals surface area (Å²) in [5, 5.41) is 23.7. The highest BCUT2D eigenvalue weighted by Crippen LogP contribution is 2.21. The Morgan fingerprint density at radius 1 is 0.853 bits per heavy atom. The Hall–Kier alpha value is -3.23. The van der Waals surface area contributed by atoms with Gasteiger partial charge in [-0.1, -0.05) is 64.6 Å². The van der Waals surface area contributed by atoms with Gasteiger partial charge in [0.1, 0.15) is 12.1 Å². The lowest BCUT2D eigenvalue weighted by molar-refractivity contribution is -0.138. The van der Waals surface area contributed by atoms with Gasteiger partial charge in [-0.05, 0) is 54.5 Å². The Morgan fingerprint density at radius 3 is 1.82 bits per heavy atom. The number of rotatable bonds is 10. The first-order valence-electron chi connectivity index (χ1n) is 11.1. The second kappa shape index (κ2) is 13.5. The number of aliphatic hydroxyl groups is 1. The van der Waals surface area contributed by atoms with Gasteiger partial charge in [0, 0.05) is 5.56 Å². The zero-order valence-electron chi connectivity index (χ0n) is 19.5. The summed E-state index contributed by atoms with van der Waals surface area (Å²) >= 11 is 0. The van der Waals surface area contributed by atoms with Crippen LogP contribution in [0.15, 0.2) is 48.5 Å². The summed E-state index contributed by atoms with van der Waals surface area (Å²) in [6.45, 7) is 7.21. The van der Waals surface area contributed by atoms with Gasteiger partial charge in [-0.3, -0.25) is 19.6 Å². The number of benzene rings is 2. The van der Waals surface area contributed by atoms with E-state index in [1.54, 1.807) is 12.1 Å². The quantitative estimate of drug-likeness (QED) is 0.269. The summed E-state index contributed by atoms with van der Waals surface area (Å²) in [6.07, 6.45) is 0.0512. The first-order chi connectivity index (χ1) is 15.7. The third-order valence-electron chi connectivity index (χ3n) is 5.34. The maximum Gasteiger partial charge on any atom is 0.268 e. The van der Waals surface area contributed by atoms with Crippen molar-refractivity contribution in [1.82, 2.24) is 16.1 Å². The maximum absolute atomic E-state index is 12.8. The molecule has 0 aliphatic carbocycles. The van der Waals surface area contributed by atoms with Crippen molar-refractivity contribution in [3.63, 3.8) is 0 Å². The van der Waals surface area contributed by atoms with Crippen LogP contribution in [0.1, 0.15) is 57.5 Å². The van der Waals surface area contributed by atoms with Crippen LogP contribution in [0.25, 0.3) is 11.1 Å². The minimum Gasteiger partial charge on any atom is -0.391 e. The molecule has 186 valence electrons. The van der Waals surface area contributed by atoms with Crippen molar-refractivity contribution in [2.75, 3.05) is 0 Å². The van der Waals surface area contributed by atoms with Gasteiger partial charge in [0.25, 0.3) is 11.8 Å². The molecule has 0 spiro atoms. The van der Waals surface area contributed by atoms with Gasteiger partial charge in [0.2, 0.25) is 5.91 Å². The van der Waals surface area contributed by atoms with Crippen molar-refractivity contribution >= 4 is 17.7 Å². The van der Waals surface area contributed by atoms with Gasteiger partial charge in [0.15, 0.2) is 0 Å². The van der Waals surface area contributed by atoms with Crippen LogP contribution in [0.3, 0.4) is 0 Å². The number of amides is 3. The summed E-state index contributed by atoms with van der Waals surface area (Å²) in [4.78, 5) is 37.3. The molecule has 8 heteroatoms. The fraction of sp³-hybridized carbons (Fsp3) is 0.423. The highest BCUT2D eigenvalue weighted by molar-refractivity contribution is 5.98. The summed E-state index contributed by atoms with van der Waals surface area (Å²) < 4.78 is 0. The van der Waals surface area contributed by atoms with E-state index in [9.17, 15) is 19.5 Å². The average Bonchev–Trinajstić information content (AvgIpc) is 2.81. The highest BCUT2D eigenvalue weighted by Gasteiger charge is 2.30. The maximum atomic E-state index is 12.8. The second-order valence-electron chi connectivity index (χ2n) is 8.49. The molecule has 3 amide bonds. The van der Waals surface area contributed by atoms with Crippen LogP contribution in [0.4, 0.5) is 0 Å². The van der Waals surface area contributed by atoms with Gasteiger partial charge in [-0.15, -0.1) is 0 Å². The molecule has 3 atom stereocenters. The molecule has 5 N–H and O–H groups in total. The van der Waals surface area contributed by atoms with Gasteiger partial charge >= 0.3 is 0 Å². The van der Waals surface area contributed by atoms with Crippen LogP contribution in [0, 0.1) is 5.92 Å². The Kier molecular flexibility index (Phi) is 11.4. The van der Waals surface area contributed by atoms with E-state index in [1.165, 1.54) is 18.0 Å². The van der Waals surface area contributed by atoms with Crippen molar-refractivity contribution < 1.29 is 24.7 Å². The molecule has 2 aromatic carbocycles. The van der Waals surface area contributed by atoms with E-state index in [0.717, 1.165) is 17.5 Å². The average molecular weight is 472 g/mol. The molecule has 0 aliphatic heterocycles. The van der Waals surface area contributed by atoms with Crippen molar-refractivity contribution in [3.05, 3.63) is 59.7 Å². The van der Waals surface area contributed by atoms with Gasteiger partial charge in [-0.25, -0.2) is 5.48 Å². The van der Waals surface area contributed by atoms with Crippen LogP contribution < -0.4 is 16.1 Å². The Morgan fingerprint density at radius 2 is 1.38 bits per heavy atom. The van der Waals surface area contributed by atoms with Gasteiger partial charge in [0.05, 0.1) is 6.10 Å². The largest absolute Gasteiger partial charge is 0.391 e. The molecule has 34 heavy (non-hydrogen) atoms. The molecular formula is C26H37N3O5. The monoisotopic (exact) mass is 471 g/mol. The van der Waals surface area contributed by atoms with Crippen molar-refractivity contribution in [2.24, 2.45) is 5.92 Å². The molecule has 0 saturated heterocycles. The molecule has 0 fully saturated rings. The Bertz CT molecular complexity index is 940. The van der Waals surface area contributed by atoms with Gasteiger partial charge < -0.3 is 15.7 Å². The predicted octanol–water partition coefficient (Wildman–Crippen LogP) is 3.07. The van der Waals surface area contributed by atoms with E-state index in [0.29, 0.717) is 12.0 Å². The van der Waals surface area contributed by atoms with Crippen LogP contribution in [-0.4, -0.2) is 46.2 Å². The molecule has 2 aromatic rings. The Balaban J connectivity index is 0.00000578. The van der Waals surface area contributed by atoms with Crippen molar-refractivity contribution in [3.8, 4) is 11.1 Å². The van der Waals surface area contributed by atoms with Crippen LogP contribution in [0.2, 0.25) is 0 Å². The topological polar surface area (TPSA) is 128 Å². The third-order valence-corrected chi connectivity index (χ3v) is 5.34. The fourth-order valence-corrected chi connectivity index (χ4v) is 3.42. The molecule has 0 aromatic heterocycles. The molecular weight excluding hydrogens is 434 g/mol. The summed E-state index contributed by atoms with van der Waals surface area (Å²) in [5.74, 6) is -1.93. The van der Waals surface area contributed by atoms with E-state index in [2.05, 4.69) is 29.7 Å². The summed E-state index contributed by atoms with van der Waals surface area (Å²) in [5.41, 5.74) is 5.08. The predicted molar refractivity (Wildman–Crippen MR) is 132 cm³/mol. The fourth-order valence-electron chi connectivity index (χ4n) is 3.42. The number of hydrogen-bond acceptors (Lipinski definition) is 5. The van der Waals surface area contributed by atoms with Crippen LogP contribution in [-0.2, 0) is 16.0 Å². The highest BCUT2D eigenvalue weighted by atomic mass is 16.5. The van der Waals surface area contributed by atoms with E-state index in [1.807, 2.05) is 38.1 Å². The molecule has 0 heterocycles. The lowest BCUT2D eigenvalue weighted by Gasteiger charge is -2.24. The molecule has 0 unspecified atom stereocenters. The standard InChI is InChI=1S/C25H33N3O5.CH4/c1-5-17-6-8-18(9-7-17)19-10-12-20(13-11-19)23(30)26-21(14-15(2)3)24(31)27-22(16(4)29)25(32)28-33;/h6-13,15-16,21-22,29,33H,5,14H2,1-4H3,(H,26,30)(H,27,31)(H,28,32);1H4/t16-,21+,22+;/m1./s1. The number of aliphatic hydroxyl groups excluding tert-OH is 1. The summed E-state index contributed by atoms with van der Waals surface area (Å²) in [7, 11) is 0. The minimum absolute atomic E-state index is 0. The number of aryl methyl sites for hydroxylation is 1. The molecule has 2 rings (SSSR count). The third kappa shape index (κ3) is 7.97. The lowest BCUT2D eigenvalue weighted by Crippen LogP contribution is -2.57. The number of carbonyl (C=O) groups is 3. The van der Waals surface area contributed by atoms with E-state index in [-0.39, 0.29) is 13.3 Å². The normalized spacial score (nSPS) is 13.3. The van der Waals surface area contributed by atoms with Crippen LogP contribution in [0.5, 0.6) is 0 Å². The Labute approximate surface area is 201 Å². The first-order valence-corrected chi connectivity index (χ1v) is 11.1. The van der Waals surface area contributed by atoms with E-state index < -0.39 is 35.9 Å². The van der Waals surface area contributed by atoms with Crippen LogP contribution >= 0.6 is 0 Å². The summed E-state index contributed by atoms with van der Waals surface area (Å²) in [6, 6.07) is 13.0. The lowest BCUT2D eigenvalue weighted by atomic mass is 10.00. The number of carbonyl (C=O) groups excluding carboxylic acids is 3. The zero-order valence-corrected chi connectivity index (χ0v) is 19.5. The minimum atomic E-state index is -1.35. The molecule has 8 nitrogen and oxygen atoms in total. The molecule has 0 aliphatic rings. The number of hydrogen-bond donors (Lipinski definition) is 5. The smallest absolute Gasteiger partial charge is 0.268 e. The van der Waals surface area contributed by atoms with Crippen molar-refractivity contribution in [1.29, 1.82) is 0 Å². The first kappa shape index (κ1) is 28.8. The van der Waals surface area contributed by atoms with Crippen molar-refractivity contribution in [2.45, 2.75) is 66.2 Å². The van der Waals surface area contributed by atoms with E-state index in [4.69, 9.17) is 5.21 Å². The van der Waals surface area contributed by atoms with E-state index >= 15 is 0 Å². The number of hydroxylamine groups is 1. The number of nitrogens with one attached hydrogen (secondary N) is 3. The SMILES string of the molecule is C.CCc1ccc(-c2ccc(C(=O)N[C@@H](CC(C)C)C(=O)N[C@H](C(=O)NO)[C@@H](C)O)cc2)cc1. The zero-order chi connectivity index (χ0) is 24.5.